The second kappa shape index (κ2) is 7.74. The fourth-order valence-electron chi connectivity index (χ4n) is 1.85. The van der Waals surface area contributed by atoms with E-state index in [9.17, 15) is 4.79 Å². The van der Waals surface area contributed by atoms with E-state index in [1.54, 1.807) is 6.21 Å². The van der Waals surface area contributed by atoms with Gasteiger partial charge in [0.2, 0.25) is 5.91 Å². The van der Waals surface area contributed by atoms with Crippen molar-refractivity contribution < 1.29 is 4.79 Å². The number of aryl methyl sites for hydroxylation is 1. The Morgan fingerprint density at radius 2 is 1.71 bits per heavy atom. The first kappa shape index (κ1) is 15.4. The SMILES string of the molecule is CCc1ccc(/C=N\NC(=O)Cc2ccc(Br)cc2)cc1. The van der Waals surface area contributed by atoms with Gasteiger partial charge in [0.05, 0.1) is 12.6 Å². The topological polar surface area (TPSA) is 41.5 Å². The zero-order valence-corrected chi connectivity index (χ0v) is 13.4. The Hall–Kier alpha value is -1.94. The van der Waals surface area contributed by atoms with Crippen molar-refractivity contribution in [1.82, 2.24) is 5.43 Å². The van der Waals surface area contributed by atoms with E-state index in [1.807, 2.05) is 36.4 Å². The molecular weight excluding hydrogens is 328 g/mol. The second-order valence-corrected chi connectivity index (χ2v) is 5.61. The highest BCUT2D eigenvalue weighted by Gasteiger charge is 2.01. The molecule has 0 unspecified atom stereocenters. The minimum atomic E-state index is -0.126. The highest BCUT2D eigenvalue weighted by Crippen LogP contribution is 2.10. The van der Waals surface area contributed by atoms with Crippen LogP contribution in [-0.4, -0.2) is 12.1 Å². The van der Waals surface area contributed by atoms with Crippen molar-refractivity contribution in [2.45, 2.75) is 19.8 Å². The molecule has 0 aliphatic carbocycles. The van der Waals surface area contributed by atoms with Gasteiger partial charge in [-0.15, -0.1) is 0 Å². The number of nitrogens with zero attached hydrogens (tertiary/aromatic N) is 1. The number of amides is 1. The summed E-state index contributed by atoms with van der Waals surface area (Å²) in [5.74, 6) is -0.126. The van der Waals surface area contributed by atoms with Crippen molar-refractivity contribution in [3.63, 3.8) is 0 Å². The van der Waals surface area contributed by atoms with Gasteiger partial charge in [0.15, 0.2) is 0 Å². The standard InChI is InChI=1S/C17H17BrN2O/c1-2-13-3-5-15(6-4-13)12-19-20-17(21)11-14-7-9-16(18)10-8-14/h3-10,12H,2,11H2,1H3,(H,20,21)/b19-12-. The third kappa shape index (κ3) is 5.16. The maximum absolute atomic E-state index is 11.8. The highest BCUT2D eigenvalue weighted by molar-refractivity contribution is 9.10. The molecule has 3 nitrogen and oxygen atoms in total. The zero-order chi connectivity index (χ0) is 15.1. The summed E-state index contributed by atoms with van der Waals surface area (Å²) in [4.78, 5) is 11.8. The second-order valence-electron chi connectivity index (χ2n) is 4.69. The Morgan fingerprint density at radius 3 is 2.33 bits per heavy atom. The molecule has 2 rings (SSSR count). The van der Waals surface area contributed by atoms with Crippen LogP contribution in [0.4, 0.5) is 0 Å². The average molecular weight is 345 g/mol. The minimum absolute atomic E-state index is 0.126. The first-order valence-electron chi connectivity index (χ1n) is 6.82. The number of rotatable bonds is 5. The first-order chi connectivity index (χ1) is 10.2. The van der Waals surface area contributed by atoms with Gasteiger partial charge >= 0.3 is 0 Å². The van der Waals surface area contributed by atoms with Crippen molar-refractivity contribution >= 4 is 28.1 Å². The Kier molecular flexibility index (Phi) is 5.69. The van der Waals surface area contributed by atoms with Crippen molar-refractivity contribution in [3.05, 3.63) is 69.7 Å². The van der Waals surface area contributed by atoms with Gasteiger partial charge < -0.3 is 0 Å². The molecule has 0 atom stereocenters. The lowest BCUT2D eigenvalue weighted by Gasteiger charge is -2.01. The monoisotopic (exact) mass is 344 g/mol. The van der Waals surface area contributed by atoms with E-state index < -0.39 is 0 Å². The molecule has 0 aliphatic rings. The van der Waals surface area contributed by atoms with Crippen LogP contribution >= 0.6 is 15.9 Å². The molecule has 2 aromatic carbocycles. The third-order valence-electron chi connectivity index (χ3n) is 3.07. The van der Waals surface area contributed by atoms with Gasteiger partial charge in [-0.3, -0.25) is 4.79 Å². The minimum Gasteiger partial charge on any atom is -0.273 e. The smallest absolute Gasteiger partial charge is 0.244 e. The molecule has 108 valence electrons. The van der Waals surface area contributed by atoms with Crippen LogP contribution in [0, 0.1) is 0 Å². The molecule has 1 N–H and O–H groups in total. The van der Waals surface area contributed by atoms with Crippen molar-refractivity contribution in [3.8, 4) is 0 Å². The molecule has 21 heavy (non-hydrogen) atoms. The van der Waals surface area contributed by atoms with Gasteiger partial charge in [0.1, 0.15) is 0 Å². The lowest BCUT2D eigenvalue weighted by Crippen LogP contribution is -2.19. The number of halogens is 1. The fourth-order valence-corrected chi connectivity index (χ4v) is 2.11. The maximum Gasteiger partial charge on any atom is 0.244 e. The summed E-state index contributed by atoms with van der Waals surface area (Å²) in [5.41, 5.74) is 5.75. The summed E-state index contributed by atoms with van der Waals surface area (Å²) in [6.45, 7) is 2.12. The Bertz CT molecular complexity index is 618. The van der Waals surface area contributed by atoms with Gasteiger partial charge in [-0.1, -0.05) is 59.3 Å². The predicted octanol–water partition coefficient (Wildman–Crippen LogP) is 3.70. The van der Waals surface area contributed by atoms with Crippen LogP contribution in [0.5, 0.6) is 0 Å². The van der Waals surface area contributed by atoms with Crippen molar-refractivity contribution in [2.24, 2.45) is 5.10 Å². The molecule has 4 heteroatoms. The van der Waals surface area contributed by atoms with E-state index in [-0.39, 0.29) is 5.91 Å². The molecule has 0 fully saturated rings. The van der Waals surface area contributed by atoms with Crippen molar-refractivity contribution in [1.29, 1.82) is 0 Å². The zero-order valence-electron chi connectivity index (χ0n) is 11.8. The van der Waals surface area contributed by atoms with E-state index in [0.717, 1.165) is 22.0 Å². The largest absolute Gasteiger partial charge is 0.273 e. The maximum atomic E-state index is 11.8. The molecule has 0 saturated heterocycles. The average Bonchev–Trinajstić information content (AvgIpc) is 2.50. The summed E-state index contributed by atoms with van der Waals surface area (Å²) in [6, 6.07) is 15.8. The molecule has 0 aliphatic heterocycles. The highest BCUT2D eigenvalue weighted by atomic mass is 79.9. The number of carbonyl (C=O) groups excluding carboxylic acids is 1. The fraction of sp³-hybridized carbons (Fsp3) is 0.176. The lowest BCUT2D eigenvalue weighted by atomic mass is 10.1. The Balaban J connectivity index is 1.85. The van der Waals surface area contributed by atoms with Crippen molar-refractivity contribution in [2.75, 3.05) is 0 Å². The number of hydrogen-bond donors (Lipinski definition) is 1. The van der Waals surface area contributed by atoms with Crippen LogP contribution in [0.1, 0.15) is 23.6 Å². The molecule has 2 aromatic rings. The van der Waals surface area contributed by atoms with Crippen LogP contribution in [0.3, 0.4) is 0 Å². The number of hydrazone groups is 1. The summed E-state index contributed by atoms with van der Waals surface area (Å²) in [5, 5.41) is 3.98. The molecule has 0 saturated carbocycles. The summed E-state index contributed by atoms with van der Waals surface area (Å²) >= 11 is 3.37. The molecule has 0 heterocycles. The van der Waals surface area contributed by atoms with Crippen LogP contribution in [-0.2, 0) is 17.6 Å². The predicted molar refractivity (Wildman–Crippen MR) is 89.4 cm³/mol. The van der Waals surface area contributed by atoms with Crippen LogP contribution in [0.25, 0.3) is 0 Å². The van der Waals surface area contributed by atoms with Gasteiger partial charge in [0, 0.05) is 4.47 Å². The number of nitrogens with one attached hydrogen (secondary N) is 1. The first-order valence-corrected chi connectivity index (χ1v) is 7.62. The molecular formula is C17H17BrN2O. The van der Waals surface area contributed by atoms with E-state index in [0.29, 0.717) is 6.42 Å². The van der Waals surface area contributed by atoms with Gasteiger partial charge in [-0.05, 0) is 35.2 Å². The van der Waals surface area contributed by atoms with Gasteiger partial charge in [-0.2, -0.15) is 5.10 Å². The van der Waals surface area contributed by atoms with E-state index in [2.05, 4.69) is 45.5 Å². The molecule has 0 aromatic heterocycles. The molecule has 0 spiro atoms. The lowest BCUT2D eigenvalue weighted by molar-refractivity contribution is -0.120. The Labute approximate surface area is 133 Å². The third-order valence-corrected chi connectivity index (χ3v) is 3.60. The number of benzene rings is 2. The molecule has 1 amide bonds. The van der Waals surface area contributed by atoms with E-state index in [4.69, 9.17) is 0 Å². The molecule has 0 bridgehead atoms. The van der Waals surface area contributed by atoms with Gasteiger partial charge in [0.25, 0.3) is 0 Å². The van der Waals surface area contributed by atoms with Crippen LogP contribution in [0.2, 0.25) is 0 Å². The summed E-state index contributed by atoms with van der Waals surface area (Å²) in [7, 11) is 0. The number of hydrogen-bond acceptors (Lipinski definition) is 2. The van der Waals surface area contributed by atoms with E-state index in [1.165, 1.54) is 5.56 Å². The van der Waals surface area contributed by atoms with Crippen LogP contribution < -0.4 is 5.43 Å². The normalized spacial score (nSPS) is 10.8. The quantitative estimate of drug-likeness (QED) is 0.652. The Morgan fingerprint density at radius 1 is 1.10 bits per heavy atom. The molecule has 0 radical (unpaired) electrons. The number of carbonyl (C=O) groups is 1. The summed E-state index contributed by atoms with van der Waals surface area (Å²) in [6.07, 6.45) is 2.99. The summed E-state index contributed by atoms with van der Waals surface area (Å²) < 4.78 is 1.00. The van der Waals surface area contributed by atoms with Crippen LogP contribution in [0.15, 0.2) is 58.1 Å². The van der Waals surface area contributed by atoms with Gasteiger partial charge in [-0.25, -0.2) is 5.43 Å². The van der Waals surface area contributed by atoms with E-state index >= 15 is 0 Å².